The number of benzene rings is 2. The number of quaternary nitrogens is 1. The van der Waals surface area contributed by atoms with Crippen molar-refractivity contribution < 1.29 is 19.2 Å². The van der Waals surface area contributed by atoms with Crippen LogP contribution in [0.5, 0.6) is 5.75 Å². The van der Waals surface area contributed by atoms with Gasteiger partial charge in [-0.1, -0.05) is 13.3 Å². The first-order valence-corrected chi connectivity index (χ1v) is 8.50. The van der Waals surface area contributed by atoms with Crippen LogP contribution in [-0.4, -0.2) is 12.9 Å². The molecule has 6 nitrogen and oxygen atoms in total. The van der Waals surface area contributed by atoms with Crippen LogP contribution in [0.15, 0.2) is 46.9 Å². The second-order valence-electron chi connectivity index (χ2n) is 6.06. The summed E-state index contributed by atoms with van der Waals surface area (Å²) in [4.78, 5) is 13.1. The molecule has 1 heterocycles. The SMILES string of the molecule is CCCCc1oc2ccc([NH+]([O-])[O-])cc2c1C(=O)c1ccc(OC)cc1. The number of unbranched alkanes of at least 4 members (excludes halogenated alkanes) is 1. The molecule has 2 aromatic carbocycles. The lowest BCUT2D eigenvalue weighted by atomic mass is 9.98. The summed E-state index contributed by atoms with van der Waals surface area (Å²) in [5.41, 5.74) is 1.42. The molecule has 1 N–H and O–H groups in total. The molecule has 0 amide bonds. The zero-order valence-electron chi connectivity index (χ0n) is 14.7. The Morgan fingerprint density at radius 3 is 2.50 bits per heavy atom. The average molecular weight is 354 g/mol. The lowest BCUT2D eigenvalue weighted by Crippen LogP contribution is -2.96. The molecule has 6 heteroatoms. The van der Waals surface area contributed by atoms with Crippen LogP contribution >= 0.6 is 0 Å². The topological polar surface area (TPSA) is 90.0 Å². The average Bonchev–Trinajstić information content (AvgIpc) is 3.03. The zero-order valence-corrected chi connectivity index (χ0v) is 14.7. The fourth-order valence-corrected chi connectivity index (χ4v) is 2.92. The number of furan rings is 1. The third kappa shape index (κ3) is 3.48. The van der Waals surface area contributed by atoms with Crippen LogP contribution in [-0.2, 0) is 6.42 Å². The van der Waals surface area contributed by atoms with E-state index < -0.39 is 5.23 Å². The van der Waals surface area contributed by atoms with Gasteiger partial charge in [-0.25, -0.2) is 0 Å². The maximum Gasteiger partial charge on any atom is 0.197 e. The van der Waals surface area contributed by atoms with E-state index in [1.165, 1.54) is 12.1 Å². The van der Waals surface area contributed by atoms with Crippen LogP contribution in [0.1, 0.15) is 41.4 Å². The van der Waals surface area contributed by atoms with E-state index in [0.29, 0.717) is 40.0 Å². The lowest BCUT2D eigenvalue weighted by Gasteiger charge is -2.24. The van der Waals surface area contributed by atoms with Gasteiger partial charge in [-0.05, 0) is 36.8 Å². The number of carbonyl (C=O) groups excluding carboxylic acids is 1. The Morgan fingerprint density at radius 1 is 1.15 bits per heavy atom. The second-order valence-corrected chi connectivity index (χ2v) is 6.06. The predicted molar refractivity (Wildman–Crippen MR) is 98.6 cm³/mol. The molecule has 0 aliphatic rings. The fourth-order valence-electron chi connectivity index (χ4n) is 2.92. The normalized spacial score (nSPS) is 11.3. The molecule has 136 valence electrons. The van der Waals surface area contributed by atoms with E-state index in [9.17, 15) is 15.2 Å². The number of fused-ring (bicyclic) bond motifs is 1. The highest BCUT2D eigenvalue weighted by atomic mass is 16.8. The van der Waals surface area contributed by atoms with Gasteiger partial charge < -0.3 is 24.8 Å². The molecule has 3 rings (SSSR count). The minimum atomic E-state index is -1.29. The Labute approximate surface area is 151 Å². The van der Waals surface area contributed by atoms with Crippen molar-refractivity contribution in [1.82, 2.24) is 0 Å². The summed E-state index contributed by atoms with van der Waals surface area (Å²) in [5, 5.41) is 21.6. The number of hydrogen-bond donors (Lipinski definition) is 1. The number of nitrogens with one attached hydrogen (secondary N) is 1. The molecule has 26 heavy (non-hydrogen) atoms. The molecular weight excluding hydrogens is 334 g/mol. The van der Waals surface area contributed by atoms with Gasteiger partial charge >= 0.3 is 0 Å². The van der Waals surface area contributed by atoms with Gasteiger partial charge in [-0.15, -0.1) is 0 Å². The first kappa shape index (κ1) is 18.1. The monoisotopic (exact) mass is 354 g/mol. The molecule has 0 bridgehead atoms. The number of aryl methyl sites for hydroxylation is 1. The van der Waals surface area contributed by atoms with Crippen LogP contribution in [0, 0.1) is 10.4 Å². The van der Waals surface area contributed by atoms with Crippen LogP contribution < -0.4 is 9.96 Å². The first-order valence-electron chi connectivity index (χ1n) is 8.50. The highest BCUT2D eigenvalue weighted by molar-refractivity contribution is 6.17. The second kappa shape index (κ2) is 7.70. The van der Waals surface area contributed by atoms with Crippen molar-refractivity contribution in [3.8, 4) is 5.75 Å². The van der Waals surface area contributed by atoms with E-state index in [-0.39, 0.29) is 11.5 Å². The van der Waals surface area contributed by atoms with Gasteiger partial charge in [-0.2, -0.15) is 0 Å². The number of methoxy groups -OCH3 is 1. The van der Waals surface area contributed by atoms with E-state index in [4.69, 9.17) is 9.15 Å². The smallest absolute Gasteiger partial charge is 0.197 e. The summed E-state index contributed by atoms with van der Waals surface area (Å²) in [6.07, 6.45) is 2.44. The predicted octanol–water partition coefficient (Wildman–Crippen LogP) is 3.53. The van der Waals surface area contributed by atoms with Crippen molar-refractivity contribution in [2.24, 2.45) is 0 Å². The fraction of sp³-hybridized carbons (Fsp3) is 0.250. The van der Waals surface area contributed by atoms with Gasteiger partial charge in [0.2, 0.25) is 0 Å². The minimum absolute atomic E-state index is 0.0177. The van der Waals surface area contributed by atoms with Gasteiger partial charge in [0.25, 0.3) is 0 Å². The summed E-state index contributed by atoms with van der Waals surface area (Å²) in [5.74, 6) is 1.04. The van der Waals surface area contributed by atoms with Gasteiger partial charge in [0.15, 0.2) is 5.78 Å². The Morgan fingerprint density at radius 2 is 1.88 bits per heavy atom. The molecule has 0 saturated heterocycles. The maximum absolute atomic E-state index is 13.1. The molecule has 1 aromatic heterocycles. The van der Waals surface area contributed by atoms with Crippen molar-refractivity contribution in [3.63, 3.8) is 0 Å². The third-order valence-electron chi connectivity index (χ3n) is 4.33. The summed E-state index contributed by atoms with van der Waals surface area (Å²) in [7, 11) is 1.56. The van der Waals surface area contributed by atoms with Crippen LogP contribution in [0.4, 0.5) is 5.69 Å². The van der Waals surface area contributed by atoms with Crippen LogP contribution in [0.25, 0.3) is 11.0 Å². The van der Waals surface area contributed by atoms with Crippen molar-refractivity contribution >= 4 is 22.4 Å². The molecule has 0 aliphatic heterocycles. The molecule has 0 fully saturated rings. The molecule has 0 radical (unpaired) electrons. The van der Waals surface area contributed by atoms with Crippen molar-refractivity contribution in [2.45, 2.75) is 26.2 Å². The number of ketones is 1. The Hall–Kier alpha value is -2.67. The Balaban J connectivity index is 2.12. The van der Waals surface area contributed by atoms with E-state index >= 15 is 0 Å². The summed E-state index contributed by atoms with van der Waals surface area (Å²) >= 11 is 0. The minimum Gasteiger partial charge on any atom is -0.628 e. The largest absolute Gasteiger partial charge is 0.628 e. The Bertz CT molecular complexity index is 912. The molecule has 0 unspecified atom stereocenters. The third-order valence-corrected chi connectivity index (χ3v) is 4.33. The highest BCUT2D eigenvalue weighted by Gasteiger charge is 2.22. The molecule has 3 aromatic rings. The molecule has 0 aliphatic carbocycles. The lowest BCUT2D eigenvalue weighted by molar-refractivity contribution is -0.715. The van der Waals surface area contributed by atoms with Crippen molar-refractivity contribution in [2.75, 3.05) is 7.11 Å². The van der Waals surface area contributed by atoms with E-state index in [0.717, 1.165) is 12.8 Å². The molecule has 0 saturated carbocycles. The van der Waals surface area contributed by atoms with Crippen LogP contribution in [0.3, 0.4) is 0 Å². The zero-order chi connectivity index (χ0) is 18.7. The maximum atomic E-state index is 13.1. The van der Waals surface area contributed by atoms with Gasteiger partial charge in [0.1, 0.15) is 22.8 Å². The number of ether oxygens (including phenoxy) is 1. The summed E-state index contributed by atoms with van der Waals surface area (Å²) in [6.45, 7) is 2.06. The first-order chi connectivity index (χ1) is 12.5. The van der Waals surface area contributed by atoms with Crippen LogP contribution in [0.2, 0.25) is 0 Å². The summed E-state index contributed by atoms with van der Waals surface area (Å²) in [6, 6.07) is 11.2. The van der Waals surface area contributed by atoms with Gasteiger partial charge in [-0.3, -0.25) is 4.79 Å². The molecular formula is C20H20NO5-. The number of hydrogen-bond acceptors (Lipinski definition) is 5. The van der Waals surface area contributed by atoms with Gasteiger partial charge in [0.05, 0.1) is 12.7 Å². The number of rotatable bonds is 7. The van der Waals surface area contributed by atoms with Crippen molar-refractivity contribution in [3.05, 3.63) is 69.8 Å². The van der Waals surface area contributed by atoms with E-state index in [1.807, 2.05) is 0 Å². The number of carbonyl (C=O) groups is 1. The Kier molecular flexibility index (Phi) is 5.37. The quantitative estimate of drug-likeness (QED) is 0.518. The highest BCUT2D eigenvalue weighted by Crippen LogP contribution is 2.31. The summed E-state index contributed by atoms with van der Waals surface area (Å²) < 4.78 is 11.0. The molecule has 0 atom stereocenters. The standard InChI is InChI=1S/C20H20NO5/c1-3-4-5-18-19(20(22)13-6-9-15(25-2)10-7-13)16-12-14(21(23)24)8-11-17(16)26-18/h6-12,21H,3-5H2,1-2H3/q-1. The molecule has 0 spiro atoms. The van der Waals surface area contributed by atoms with Crippen molar-refractivity contribution in [1.29, 1.82) is 0 Å². The van der Waals surface area contributed by atoms with Gasteiger partial charge in [0, 0.05) is 29.5 Å². The van der Waals surface area contributed by atoms with E-state index in [2.05, 4.69) is 6.92 Å². The van der Waals surface area contributed by atoms with E-state index in [1.54, 1.807) is 37.4 Å².